The van der Waals surface area contributed by atoms with Gasteiger partial charge >= 0.3 is 5.97 Å². The Labute approximate surface area is 96.5 Å². The molecule has 0 aromatic carbocycles. The highest BCUT2D eigenvalue weighted by Crippen LogP contribution is 2.17. The van der Waals surface area contributed by atoms with Crippen LogP contribution in [0.15, 0.2) is 18.3 Å². The van der Waals surface area contributed by atoms with Crippen LogP contribution in [0.1, 0.15) is 44.4 Å². The second-order valence-electron chi connectivity index (χ2n) is 4.34. The summed E-state index contributed by atoms with van der Waals surface area (Å²) in [6.07, 6.45) is 3.40. The van der Waals surface area contributed by atoms with Crippen molar-refractivity contribution in [3.8, 4) is 0 Å². The van der Waals surface area contributed by atoms with Crippen molar-refractivity contribution in [1.82, 2.24) is 4.98 Å². The number of carboxylic acids is 1. The molecule has 0 amide bonds. The van der Waals surface area contributed by atoms with E-state index >= 15 is 0 Å². The Morgan fingerprint density at radius 3 is 2.56 bits per heavy atom. The van der Waals surface area contributed by atoms with Crippen LogP contribution in [0.25, 0.3) is 0 Å². The molecular weight excluding hydrogens is 202 g/mol. The maximum Gasteiger partial charge on any atom is 0.306 e. The van der Waals surface area contributed by atoms with Crippen LogP contribution in [0, 0.1) is 5.92 Å². The van der Waals surface area contributed by atoms with Gasteiger partial charge in [0.15, 0.2) is 0 Å². The van der Waals surface area contributed by atoms with Gasteiger partial charge in [-0.2, -0.15) is 0 Å². The summed E-state index contributed by atoms with van der Waals surface area (Å²) in [6, 6.07) is 3.98. The van der Waals surface area contributed by atoms with Crippen LogP contribution in [0.4, 0.5) is 0 Å². The number of rotatable bonds is 5. The van der Waals surface area contributed by atoms with Crippen LogP contribution in [-0.4, -0.2) is 16.1 Å². The molecule has 1 rings (SSSR count). The smallest absolute Gasteiger partial charge is 0.306 e. The van der Waals surface area contributed by atoms with Crippen molar-refractivity contribution < 1.29 is 9.90 Å². The first-order valence-electron chi connectivity index (χ1n) is 5.72. The van der Waals surface area contributed by atoms with Gasteiger partial charge < -0.3 is 5.11 Å². The van der Waals surface area contributed by atoms with Gasteiger partial charge in [-0.05, 0) is 30.4 Å². The Hall–Kier alpha value is -1.38. The Bertz CT molecular complexity index is 345. The van der Waals surface area contributed by atoms with Gasteiger partial charge in [0.25, 0.3) is 0 Å². The molecule has 1 aromatic rings. The van der Waals surface area contributed by atoms with E-state index in [4.69, 9.17) is 5.11 Å². The number of nitrogens with zero attached hydrogens (tertiary/aromatic N) is 1. The summed E-state index contributed by atoms with van der Waals surface area (Å²) < 4.78 is 0. The van der Waals surface area contributed by atoms with Gasteiger partial charge in [-0.25, -0.2) is 0 Å². The summed E-state index contributed by atoms with van der Waals surface area (Å²) in [5, 5.41) is 8.80. The summed E-state index contributed by atoms with van der Waals surface area (Å²) in [5.74, 6) is -0.645. The fourth-order valence-corrected chi connectivity index (χ4v) is 1.50. The lowest BCUT2D eigenvalue weighted by Crippen LogP contribution is -2.12. The number of hydrogen-bond acceptors (Lipinski definition) is 2. The minimum atomic E-state index is -0.758. The third-order valence-electron chi connectivity index (χ3n) is 2.93. The van der Waals surface area contributed by atoms with Gasteiger partial charge in [-0.15, -0.1) is 0 Å². The van der Waals surface area contributed by atoms with E-state index in [0.717, 1.165) is 17.7 Å². The summed E-state index contributed by atoms with van der Waals surface area (Å²) in [4.78, 5) is 15.1. The molecule has 0 fully saturated rings. The van der Waals surface area contributed by atoms with Crippen molar-refractivity contribution in [2.24, 2.45) is 5.92 Å². The van der Waals surface area contributed by atoms with Gasteiger partial charge in [0.2, 0.25) is 0 Å². The number of aromatic nitrogens is 1. The lowest BCUT2D eigenvalue weighted by Gasteiger charge is -2.09. The topological polar surface area (TPSA) is 50.2 Å². The van der Waals surface area contributed by atoms with E-state index in [-0.39, 0.29) is 5.92 Å². The molecule has 0 aliphatic heterocycles. The Kier molecular flexibility index (Phi) is 4.47. The molecule has 16 heavy (non-hydrogen) atoms. The molecule has 88 valence electrons. The molecule has 2 atom stereocenters. The van der Waals surface area contributed by atoms with Crippen LogP contribution in [0.2, 0.25) is 0 Å². The molecular formula is C13H19NO2. The van der Waals surface area contributed by atoms with Crippen molar-refractivity contribution >= 4 is 5.97 Å². The van der Waals surface area contributed by atoms with Crippen molar-refractivity contribution in [1.29, 1.82) is 0 Å². The third-order valence-corrected chi connectivity index (χ3v) is 2.93. The number of pyridine rings is 1. The molecule has 3 nitrogen and oxygen atoms in total. The van der Waals surface area contributed by atoms with E-state index in [1.807, 2.05) is 12.1 Å². The molecule has 0 radical (unpaired) electrons. The van der Waals surface area contributed by atoms with Gasteiger partial charge in [-0.3, -0.25) is 9.78 Å². The number of hydrogen-bond donors (Lipinski definition) is 1. The van der Waals surface area contributed by atoms with E-state index in [1.165, 1.54) is 0 Å². The predicted octanol–water partition coefficient (Wildman–Crippen LogP) is 2.86. The van der Waals surface area contributed by atoms with Gasteiger partial charge in [-0.1, -0.05) is 26.8 Å². The van der Waals surface area contributed by atoms with Crippen LogP contribution in [-0.2, 0) is 11.2 Å². The second-order valence-corrected chi connectivity index (χ2v) is 4.34. The van der Waals surface area contributed by atoms with Crippen LogP contribution in [0.3, 0.4) is 0 Å². The molecule has 1 N–H and O–H groups in total. The Morgan fingerprint density at radius 1 is 1.44 bits per heavy atom. The monoisotopic (exact) mass is 221 g/mol. The first kappa shape index (κ1) is 12.7. The average molecular weight is 221 g/mol. The van der Waals surface area contributed by atoms with Crippen LogP contribution < -0.4 is 0 Å². The molecule has 1 heterocycles. The summed E-state index contributed by atoms with van der Waals surface area (Å²) >= 11 is 0. The number of carboxylic acid groups (broad SMARTS) is 1. The van der Waals surface area contributed by atoms with Crippen molar-refractivity contribution in [2.45, 2.75) is 39.5 Å². The second kappa shape index (κ2) is 5.64. The standard InChI is InChI=1S/C13H19NO2/c1-4-9(2)12-6-5-11(8-14-12)7-10(3)13(15)16/h5-6,8-10H,4,7H2,1-3H3,(H,15,16). The predicted molar refractivity (Wildman–Crippen MR) is 63.4 cm³/mol. The van der Waals surface area contributed by atoms with Crippen LogP contribution in [0.5, 0.6) is 0 Å². The normalized spacial score (nSPS) is 14.4. The lowest BCUT2D eigenvalue weighted by molar-refractivity contribution is -0.141. The minimum absolute atomic E-state index is 0.351. The highest BCUT2D eigenvalue weighted by molar-refractivity contribution is 5.69. The summed E-state index contributed by atoms with van der Waals surface area (Å²) in [7, 11) is 0. The Morgan fingerprint density at radius 2 is 2.12 bits per heavy atom. The van der Waals surface area contributed by atoms with E-state index in [0.29, 0.717) is 12.3 Å². The SMILES string of the molecule is CCC(C)c1ccc(CC(C)C(=O)O)cn1. The molecule has 0 bridgehead atoms. The maximum absolute atomic E-state index is 10.7. The van der Waals surface area contributed by atoms with Gasteiger partial charge in [0, 0.05) is 11.9 Å². The van der Waals surface area contributed by atoms with Gasteiger partial charge in [0.05, 0.1) is 5.92 Å². The largest absolute Gasteiger partial charge is 0.481 e. The Balaban J connectivity index is 2.68. The van der Waals surface area contributed by atoms with E-state index in [2.05, 4.69) is 18.8 Å². The zero-order chi connectivity index (χ0) is 12.1. The zero-order valence-electron chi connectivity index (χ0n) is 10.1. The average Bonchev–Trinajstić information content (AvgIpc) is 2.28. The van der Waals surface area contributed by atoms with Crippen molar-refractivity contribution in [3.05, 3.63) is 29.6 Å². The number of carbonyl (C=O) groups is 1. The van der Waals surface area contributed by atoms with Crippen LogP contribution >= 0.6 is 0 Å². The lowest BCUT2D eigenvalue weighted by atomic mass is 10.0. The minimum Gasteiger partial charge on any atom is -0.481 e. The summed E-state index contributed by atoms with van der Waals surface area (Å²) in [5.41, 5.74) is 2.07. The zero-order valence-corrected chi connectivity index (χ0v) is 10.1. The first-order valence-corrected chi connectivity index (χ1v) is 5.72. The third kappa shape index (κ3) is 3.33. The molecule has 0 saturated carbocycles. The summed E-state index contributed by atoms with van der Waals surface area (Å²) in [6.45, 7) is 5.99. The highest BCUT2D eigenvalue weighted by atomic mass is 16.4. The van der Waals surface area contributed by atoms with E-state index < -0.39 is 5.97 Å². The van der Waals surface area contributed by atoms with Gasteiger partial charge in [0.1, 0.15) is 0 Å². The molecule has 0 aliphatic rings. The van der Waals surface area contributed by atoms with Crippen molar-refractivity contribution in [3.63, 3.8) is 0 Å². The molecule has 0 saturated heterocycles. The molecule has 0 spiro atoms. The van der Waals surface area contributed by atoms with E-state index in [9.17, 15) is 4.79 Å². The molecule has 0 aliphatic carbocycles. The molecule has 2 unspecified atom stereocenters. The molecule has 3 heteroatoms. The fourth-order valence-electron chi connectivity index (χ4n) is 1.50. The van der Waals surface area contributed by atoms with E-state index in [1.54, 1.807) is 13.1 Å². The fraction of sp³-hybridized carbons (Fsp3) is 0.538. The first-order chi connectivity index (χ1) is 7.54. The molecule has 1 aromatic heterocycles. The number of aliphatic carboxylic acids is 1. The highest BCUT2D eigenvalue weighted by Gasteiger charge is 2.12. The quantitative estimate of drug-likeness (QED) is 0.831. The van der Waals surface area contributed by atoms with Crippen molar-refractivity contribution in [2.75, 3.05) is 0 Å². The maximum atomic E-state index is 10.7.